The highest BCUT2D eigenvalue weighted by Gasteiger charge is 2.14. The highest BCUT2D eigenvalue weighted by Crippen LogP contribution is 2.22. The molecule has 1 aromatic heterocycles. The van der Waals surface area contributed by atoms with Crippen molar-refractivity contribution >= 4 is 11.6 Å². The molecule has 86 valence electrons. The maximum atomic E-state index is 6.06. The number of nitrogens with zero attached hydrogens (tertiary/aromatic N) is 2. The van der Waals surface area contributed by atoms with Gasteiger partial charge in [0.05, 0.1) is 11.5 Å². The molecule has 1 rings (SSSR count). The molecule has 5 heteroatoms. The summed E-state index contributed by atoms with van der Waals surface area (Å²) in [6, 6.07) is 0. The molecule has 0 amide bonds. The van der Waals surface area contributed by atoms with E-state index < -0.39 is 0 Å². The van der Waals surface area contributed by atoms with Crippen LogP contribution in [0.5, 0.6) is 0 Å². The number of aromatic nitrogens is 2. The van der Waals surface area contributed by atoms with E-state index in [9.17, 15) is 0 Å². The molecule has 0 N–H and O–H groups in total. The normalized spacial score (nSPS) is 13.4. The second-order valence-electron chi connectivity index (χ2n) is 3.66. The summed E-state index contributed by atoms with van der Waals surface area (Å²) in [5.41, 5.74) is 0. The minimum Gasteiger partial charge on any atom is -0.369 e. The maximum absolute atomic E-state index is 6.06. The molecule has 1 heterocycles. The molecule has 0 spiro atoms. The Bertz CT molecular complexity index is 289. The molecular formula is C10H17ClN2O2. The number of halogens is 1. The van der Waals surface area contributed by atoms with Crippen molar-refractivity contribution in [3.05, 3.63) is 11.7 Å². The quantitative estimate of drug-likeness (QED) is 0.708. The van der Waals surface area contributed by atoms with Crippen molar-refractivity contribution in [3.8, 4) is 0 Å². The second-order valence-corrected chi connectivity index (χ2v) is 4.19. The lowest BCUT2D eigenvalue weighted by Gasteiger charge is -2.02. The molecule has 0 radical (unpaired) electrons. The van der Waals surface area contributed by atoms with Crippen LogP contribution in [0.3, 0.4) is 0 Å². The summed E-state index contributed by atoms with van der Waals surface area (Å²) in [5, 5.41) is 3.65. The Morgan fingerprint density at radius 2 is 2.20 bits per heavy atom. The topological polar surface area (TPSA) is 48.2 Å². The van der Waals surface area contributed by atoms with E-state index in [1.807, 2.05) is 13.8 Å². The van der Waals surface area contributed by atoms with Gasteiger partial charge in [0, 0.05) is 0 Å². The van der Waals surface area contributed by atoms with Crippen molar-refractivity contribution in [1.82, 2.24) is 10.1 Å². The fraction of sp³-hybridized carbons (Fsp3) is 0.800. The first-order valence-electron chi connectivity index (χ1n) is 5.21. The predicted octanol–water partition coefficient (Wildman–Crippen LogP) is 3.07. The molecule has 0 saturated heterocycles. The average molecular weight is 233 g/mol. The SMILES string of the molecule is CCCC(Cl)c1noc(COC(C)C)n1. The van der Waals surface area contributed by atoms with Crippen LogP contribution in [-0.4, -0.2) is 16.2 Å². The average Bonchev–Trinajstić information content (AvgIpc) is 2.63. The van der Waals surface area contributed by atoms with Crippen LogP contribution in [0.2, 0.25) is 0 Å². The molecule has 0 fully saturated rings. The van der Waals surface area contributed by atoms with Crippen molar-refractivity contribution in [2.45, 2.75) is 51.7 Å². The van der Waals surface area contributed by atoms with Crippen LogP contribution >= 0.6 is 11.6 Å². The lowest BCUT2D eigenvalue weighted by Crippen LogP contribution is -2.02. The van der Waals surface area contributed by atoms with Crippen molar-refractivity contribution < 1.29 is 9.26 Å². The van der Waals surface area contributed by atoms with E-state index in [1.165, 1.54) is 0 Å². The number of alkyl halides is 1. The molecule has 4 nitrogen and oxygen atoms in total. The molecule has 15 heavy (non-hydrogen) atoms. The van der Waals surface area contributed by atoms with Gasteiger partial charge in [0.25, 0.3) is 5.89 Å². The molecule has 0 bridgehead atoms. The third-order valence-corrected chi connectivity index (χ3v) is 2.26. The van der Waals surface area contributed by atoms with Gasteiger partial charge >= 0.3 is 0 Å². The molecule has 0 saturated carbocycles. The Morgan fingerprint density at radius 3 is 2.80 bits per heavy atom. The Hall–Kier alpha value is -0.610. The van der Waals surface area contributed by atoms with Gasteiger partial charge in [-0.25, -0.2) is 0 Å². The Kier molecular flexibility index (Phi) is 5.05. The van der Waals surface area contributed by atoms with Gasteiger partial charge < -0.3 is 9.26 Å². The largest absolute Gasteiger partial charge is 0.369 e. The van der Waals surface area contributed by atoms with E-state index in [1.54, 1.807) is 0 Å². The smallest absolute Gasteiger partial charge is 0.252 e. The molecular weight excluding hydrogens is 216 g/mol. The van der Waals surface area contributed by atoms with Crippen molar-refractivity contribution in [3.63, 3.8) is 0 Å². The lowest BCUT2D eigenvalue weighted by atomic mass is 10.2. The molecule has 0 aliphatic carbocycles. The Labute approximate surface area is 95.0 Å². The maximum Gasteiger partial charge on any atom is 0.252 e. The van der Waals surface area contributed by atoms with Crippen LogP contribution in [0.4, 0.5) is 0 Å². The second kappa shape index (κ2) is 6.08. The minimum absolute atomic E-state index is 0.155. The van der Waals surface area contributed by atoms with E-state index >= 15 is 0 Å². The lowest BCUT2D eigenvalue weighted by molar-refractivity contribution is 0.0485. The first-order valence-corrected chi connectivity index (χ1v) is 5.65. The highest BCUT2D eigenvalue weighted by atomic mass is 35.5. The summed E-state index contributed by atoms with van der Waals surface area (Å²) in [6.07, 6.45) is 2.01. The zero-order valence-corrected chi connectivity index (χ0v) is 10.1. The third-order valence-electron chi connectivity index (χ3n) is 1.85. The van der Waals surface area contributed by atoms with Gasteiger partial charge in [-0.15, -0.1) is 11.6 Å². The van der Waals surface area contributed by atoms with Gasteiger partial charge in [0.1, 0.15) is 6.61 Å². The van der Waals surface area contributed by atoms with Gasteiger partial charge in [0.15, 0.2) is 5.82 Å². The van der Waals surface area contributed by atoms with Crippen molar-refractivity contribution in [2.75, 3.05) is 0 Å². The molecule has 1 unspecified atom stereocenters. The zero-order valence-electron chi connectivity index (χ0n) is 9.36. The first-order chi connectivity index (χ1) is 7.13. The third kappa shape index (κ3) is 4.18. The van der Waals surface area contributed by atoms with E-state index in [-0.39, 0.29) is 11.5 Å². The van der Waals surface area contributed by atoms with Crippen LogP contribution in [0.1, 0.15) is 50.7 Å². The zero-order chi connectivity index (χ0) is 11.3. The molecule has 1 atom stereocenters. The molecule has 0 aliphatic heterocycles. The standard InChI is InChI=1S/C10H17ClN2O2/c1-4-5-8(11)10-12-9(15-13-10)6-14-7(2)3/h7-8H,4-6H2,1-3H3. The van der Waals surface area contributed by atoms with Crippen LogP contribution < -0.4 is 0 Å². The van der Waals surface area contributed by atoms with Gasteiger partial charge in [0.2, 0.25) is 0 Å². The summed E-state index contributed by atoms with van der Waals surface area (Å²) in [6.45, 7) is 6.33. The molecule has 1 aromatic rings. The Morgan fingerprint density at radius 1 is 1.47 bits per heavy atom. The van der Waals surface area contributed by atoms with Gasteiger partial charge in [-0.05, 0) is 20.3 Å². The van der Waals surface area contributed by atoms with E-state index in [4.69, 9.17) is 20.9 Å². The fourth-order valence-corrected chi connectivity index (χ4v) is 1.38. The number of hydrogen-bond acceptors (Lipinski definition) is 4. The number of ether oxygens (including phenoxy) is 1. The highest BCUT2D eigenvalue weighted by molar-refractivity contribution is 6.20. The fourth-order valence-electron chi connectivity index (χ4n) is 1.07. The van der Waals surface area contributed by atoms with Crippen LogP contribution in [0.15, 0.2) is 4.52 Å². The van der Waals surface area contributed by atoms with Gasteiger partial charge in [-0.1, -0.05) is 18.5 Å². The molecule has 0 aliphatic rings. The van der Waals surface area contributed by atoms with Gasteiger partial charge in [-0.3, -0.25) is 0 Å². The summed E-state index contributed by atoms with van der Waals surface area (Å²) in [4.78, 5) is 4.17. The van der Waals surface area contributed by atoms with Crippen molar-refractivity contribution in [2.24, 2.45) is 0 Å². The first kappa shape index (κ1) is 12.5. The Balaban J connectivity index is 2.48. The molecule has 0 aromatic carbocycles. The monoisotopic (exact) mass is 232 g/mol. The summed E-state index contributed by atoms with van der Waals surface area (Å²) in [7, 11) is 0. The summed E-state index contributed by atoms with van der Waals surface area (Å²) < 4.78 is 10.4. The predicted molar refractivity (Wildman–Crippen MR) is 57.7 cm³/mol. The van der Waals surface area contributed by atoms with Crippen LogP contribution in [-0.2, 0) is 11.3 Å². The van der Waals surface area contributed by atoms with E-state index in [2.05, 4.69) is 17.1 Å². The number of rotatable bonds is 6. The van der Waals surface area contributed by atoms with E-state index in [0.717, 1.165) is 12.8 Å². The van der Waals surface area contributed by atoms with Gasteiger partial charge in [-0.2, -0.15) is 4.98 Å². The number of hydrogen-bond donors (Lipinski definition) is 0. The van der Waals surface area contributed by atoms with Crippen molar-refractivity contribution in [1.29, 1.82) is 0 Å². The minimum atomic E-state index is -0.161. The van der Waals surface area contributed by atoms with Crippen LogP contribution in [0, 0.1) is 0 Å². The summed E-state index contributed by atoms with van der Waals surface area (Å²) >= 11 is 6.06. The summed E-state index contributed by atoms with van der Waals surface area (Å²) in [5.74, 6) is 1.04. The van der Waals surface area contributed by atoms with Crippen LogP contribution in [0.25, 0.3) is 0 Å². The van der Waals surface area contributed by atoms with E-state index in [0.29, 0.717) is 18.3 Å².